The smallest absolute Gasteiger partial charge is 0.381 e. The maximum atomic E-state index is 13.5. The van der Waals surface area contributed by atoms with Gasteiger partial charge in [0.1, 0.15) is 0 Å². The number of nitrogens with one attached hydrogen (secondary N) is 2. The maximum Gasteiger partial charge on any atom is 0.418 e. The summed E-state index contributed by atoms with van der Waals surface area (Å²) in [5.41, 5.74) is 1.13. The molecule has 0 bridgehead atoms. The number of H-pyrrole nitrogens is 1. The number of pyridine rings is 1. The molecule has 9 heteroatoms. The van der Waals surface area contributed by atoms with Crippen LogP contribution in [-0.2, 0) is 6.18 Å². The Morgan fingerprint density at radius 1 is 1.07 bits per heavy atom. The van der Waals surface area contributed by atoms with Gasteiger partial charge in [-0.2, -0.15) is 18.3 Å². The van der Waals surface area contributed by atoms with Crippen LogP contribution >= 0.6 is 12.2 Å². The molecule has 0 saturated heterocycles. The summed E-state index contributed by atoms with van der Waals surface area (Å²) < 4.78 is 42.8. The van der Waals surface area contributed by atoms with Crippen LogP contribution in [0, 0.1) is 4.77 Å². The number of fused-ring (bicyclic) bond motifs is 1. The van der Waals surface area contributed by atoms with Gasteiger partial charge in [-0.15, -0.1) is 0 Å². The number of para-hydroxylation sites is 2. The molecule has 2 N–H and O–H groups in total. The molecular formula is C21H16F3N5S. The van der Waals surface area contributed by atoms with Gasteiger partial charge in [-0.3, -0.25) is 14.6 Å². The maximum absolute atomic E-state index is 13.5. The van der Waals surface area contributed by atoms with Crippen LogP contribution in [0.1, 0.15) is 18.4 Å². The second kappa shape index (κ2) is 6.94. The molecule has 1 fully saturated rings. The number of aromatic amines is 1. The van der Waals surface area contributed by atoms with Crippen molar-refractivity contribution in [3.8, 4) is 17.1 Å². The molecule has 1 aliphatic rings. The molecule has 0 spiro atoms. The lowest BCUT2D eigenvalue weighted by Gasteiger charge is -2.17. The molecule has 0 atom stereocenters. The Bertz CT molecular complexity index is 1290. The number of anilines is 1. The van der Waals surface area contributed by atoms with E-state index in [0.29, 0.717) is 27.2 Å². The van der Waals surface area contributed by atoms with Crippen LogP contribution < -0.4 is 5.32 Å². The zero-order valence-corrected chi connectivity index (χ0v) is 16.4. The normalized spacial score (nSPS) is 14.2. The van der Waals surface area contributed by atoms with Crippen molar-refractivity contribution in [1.29, 1.82) is 0 Å². The largest absolute Gasteiger partial charge is 0.418 e. The Balaban J connectivity index is 1.78. The number of alkyl halides is 3. The van der Waals surface area contributed by atoms with Crippen molar-refractivity contribution in [2.75, 3.05) is 5.32 Å². The molecule has 1 saturated carbocycles. The van der Waals surface area contributed by atoms with Crippen molar-refractivity contribution in [2.24, 2.45) is 0 Å². The first-order chi connectivity index (χ1) is 14.4. The number of benzene rings is 2. The Morgan fingerprint density at radius 3 is 2.53 bits per heavy atom. The minimum Gasteiger partial charge on any atom is -0.381 e. The zero-order valence-electron chi connectivity index (χ0n) is 15.6. The average molecular weight is 427 g/mol. The fraction of sp³-hybridized carbons (Fsp3) is 0.190. The standard InChI is InChI=1S/C21H16F3N5S/c22-21(23,24)16-8-4-7-14-17(26-12-9-10-12)15(11-25-18(14)16)19-27-28-20(30)29(19)13-5-2-1-3-6-13/h1-8,11-12H,9-10H2,(H,25,26)(H,28,30). The van der Waals surface area contributed by atoms with Crippen LogP contribution in [-0.4, -0.2) is 25.8 Å². The first-order valence-electron chi connectivity index (χ1n) is 9.42. The van der Waals surface area contributed by atoms with Crippen molar-refractivity contribution in [1.82, 2.24) is 19.7 Å². The number of halogens is 3. The van der Waals surface area contributed by atoms with E-state index in [1.165, 1.54) is 12.3 Å². The quantitative estimate of drug-likeness (QED) is 0.408. The number of aromatic nitrogens is 4. The van der Waals surface area contributed by atoms with Gasteiger partial charge in [0.2, 0.25) is 0 Å². The van der Waals surface area contributed by atoms with E-state index in [4.69, 9.17) is 12.2 Å². The van der Waals surface area contributed by atoms with Crippen molar-refractivity contribution in [3.05, 3.63) is 65.1 Å². The van der Waals surface area contributed by atoms with Gasteiger partial charge < -0.3 is 5.32 Å². The molecular weight excluding hydrogens is 411 g/mol. The van der Waals surface area contributed by atoms with Gasteiger partial charge in [-0.1, -0.05) is 30.3 Å². The number of hydrogen-bond donors (Lipinski definition) is 2. The summed E-state index contributed by atoms with van der Waals surface area (Å²) in [5.74, 6) is 0.487. The van der Waals surface area contributed by atoms with E-state index in [9.17, 15) is 13.2 Å². The highest BCUT2D eigenvalue weighted by Gasteiger charge is 2.34. The van der Waals surface area contributed by atoms with E-state index in [-0.39, 0.29) is 11.6 Å². The average Bonchev–Trinajstić information content (AvgIpc) is 3.47. The van der Waals surface area contributed by atoms with E-state index in [1.807, 2.05) is 30.3 Å². The lowest BCUT2D eigenvalue weighted by molar-refractivity contribution is -0.136. The topological polar surface area (TPSA) is 58.5 Å². The molecule has 4 aromatic rings. The molecule has 2 aromatic carbocycles. The molecule has 0 unspecified atom stereocenters. The van der Waals surface area contributed by atoms with Crippen LogP contribution in [0.3, 0.4) is 0 Å². The monoisotopic (exact) mass is 427 g/mol. The summed E-state index contributed by atoms with van der Waals surface area (Å²) in [5, 5.41) is 11.0. The molecule has 2 aromatic heterocycles. The summed E-state index contributed by atoms with van der Waals surface area (Å²) in [6, 6.07) is 13.8. The minimum absolute atomic E-state index is 0.0858. The SMILES string of the molecule is FC(F)(F)c1cccc2c(NC3CC3)c(-c3n[nH]c(=S)n3-c3ccccc3)cnc12. The second-order valence-electron chi connectivity index (χ2n) is 7.19. The Labute approximate surface area is 174 Å². The van der Waals surface area contributed by atoms with Crippen LogP contribution in [0.2, 0.25) is 0 Å². The third-order valence-electron chi connectivity index (χ3n) is 5.06. The van der Waals surface area contributed by atoms with Gasteiger partial charge >= 0.3 is 6.18 Å². The second-order valence-corrected chi connectivity index (χ2v) is 7.58. The van der Waals surface area contributed by atoms with Gasteiger partial charge in [0.05, 0.1) is 22.3 Å². The fourth-order valence-electron chi connectivity index (χ4n) is 3.50. The lowest BCUT2D eigenvalue weighted by atomic mass is 10.0. The third kappa shape index (κ3) is 3.24. The van der Waals surface area contributed by atoms with E-state index in [2.05, 4.69) is 20.5 Å². The van der Waals surface area contributed by atoms with Crippen molar-refractivity contribution in [3.63, 3.8) is 0 Å². The Kier molecular flexibility index (Phi) is 4.35. The summed E-state index contributed by atoms with van der Waals surface area (Å²) in [6.45, 7) is 0. The lowest BCUT2D eigenvalue weighted by Crippen LogP contribution is -2.10. The molecule has 0 radical (unpaired) electrons. The predicted molar refractivity (Wildman–Crippen MR) is 111 cm³/mol. The molecule has 0 amide bonds. The number of rotatable bonds is 4. The number of nitrogens with zero attached hydrogens (tertiary/aromatic N) is 3. The van der Waals surface area contributed by atoms with Crippen LogP contribution in [0.5, 0.6) is 0 Å². The van der Waals surface area contributed by atoms with Gasteiger partial charge in [-0.05, 0) is 43.3 Å². The summed E-state index contributed by atoms with van der Waals surface area (Å²) in [7, 11) is 0. The zero-order chi connectivity index (χ0) is 20.9. The summed E-state index contributed by atoms with van der Waals surface area (Å²) in [6.07, 6.45) is -1.12. The van der Waals surface area contributed by atoms with Crippen molar-refractivity contribution < 1.29 is 13.2 Å². The van der Waals surface area contributed by atoms with Gasteiger partial charge in [0, 0.05) is 23.3 Å². The van der Waals surface area contributed by atoms with Gasteiger partial charge in [0.15, 0.2) is 10.6 Å². The fourth-order valence-corrected chi connectivity index (χ4v) is 3.74. The first kappa shape index (κ1) is 18.8. The molecule has 1 aliphatic carbocycles. The molecule has 152 valence electrons. The van der Waals surface area contributed by atoms with Gasteiger partial charge in [0.25, 0.3) is 0 Å². The summed E-state index contributed by atoms with van der Waals surface area (Å²) in [4.78, 5) is 4.20. The van der Waals surface area contributed by atoms with Gasteiger partial charge in [-0.25, -0.2) is 0 Å². The van der Waals surface area contributed by atoms with E-state index >= 15 is 0 Å². The third-order valence-corrected chi connectivity index (χ3v) is 5.33. The molecule has 5 nitrogen and oxygen atoms in total. The van der Waals surface area contributed by atoms with E-state index in [1.54, 1.807) is 10.6 Å². The molecule has 30 heavy (non-hydrogen) atoms. The van der Waals surface area contributed by atoms with E-state index < -0.39 is 11.7 Å². The van der Waals surface area contributed by atoms with Crippen LogP contribution in [0.25, 0.3) is 28.0 Å². The van der Waals surface area contributed by atoms with Crippen LogP contribution in [0.4, 0.5) is 18.9 Å². The van der Waals surface area contributed by atoms with Crippen molar-refractivity contribution in [2.45, 2.75) is 25.1 Å². The predicted octanol–water partition coefficient (Wildman–Crippen LogP) is 5.74. The van der Waals surface area contributed by atoms with Crippen LogP contribution in [0.15, 0.2) is 54.7 Å². The first-order valence-corrected chi connectivity index (χ1v) is 9.83. The minimum atomic E-state index is -4.49. The molecule has 0 aliphatic heterocycles. The highest BCUT2D eigenvalue weighted by Crippen LogP contribution is 2.41. The highest BCUT2D eigenvalue weighted by molar-refractivity contribution is 7.71. The highest BCUT2D eigenvalue weighted by atomic mass is 32.1. The van der Waals surface area contributed by atoms with E-state index in [0.717, 1.165) is 24.6 Å². The molecule has 2 heterocycles. The molecule has 5 rings (SSSR count). The summed E-state index contributed by atoms with van der Waals surface area (Å²) >= 11 is 5.42. The Morgan fingerprint density at radius 2 is 1.83 bits per heavy atom. The Hall–Kier alpha value is -3.20. The van der Waals surface area contributed by atoms with Crippen molar-refractivity contribution >= 4 is 28.8 Å². The number of hydrogen-bond acceptors (Lipinski definition) is 4.